The summed E-state index contributed by atoms with van der Waals surface area (Å²) in [5.74, 6) is -0.187. The molecular weight excluding hydrogens is 344 g/mol. The Bertz CT molecular complexity index is 905. The van der Waals surface area contributed by atoms with E-state index >= 15 is 0 Å². The molecule has 2 heterocycles. The molecule has 0 aliphatic carbocycles. The van der Waals surface area contributed by atoms with Crippen LogP contribution in [0.1, 0.15) is 16.8 Å². The molecule has 2 aromatic rings. The third-order valence-electron chi connectivity index (χ3n) is 4.36. The Morgan fingerprint density at radius 2 is 2.20 bits per heavy atom. The molecule has 3 rings (SSSR count). The van der Waals surface area contributed by atoms with E-state index in [4.69, 9.17) is 11.6 Å². The van der Waals surface area contributed by atoms with Crippen LogP contribution >= 0.6 is 11.6 Å². The van der Waals surface area contributed by atoms with Gasteiger partial charge in [-0.05, 0) is 30.5 Å². The maximum absolute atomic E-state index is 12.2. The van der Waals surface area contributed by atoms with E-state index in [0.717, 1.165) is 25.2 Å². The number of anilines is 1. The maximum Gasteiger partial charge on any atom is 0.328 e. The topological polar surface area (TPSA) is 87.2 Å². The van der Waals surface area contributed by atoms with Crippen molar-refractivity contribution in [3.05, 3.63) is 61.9 Å². The number of nitrogens with one attached hydrogen (secondary N) is 2. The largest absolute Gasteiger partial charge is 0.371 e. The maximum atomic E-state index is 12.2. The van der Waals surface area contributed by atoms with Crippen LogP contribution in [-0.2, 0) is 7.05 Å². The molecule has 1 saturated heterocycles. The van der Waals surface area contributed by atoms with Crippen molar-refractivity contribution in [1.82, 2.24) is 14.9 Å². The molecule has 1 aromatic carbocycles. The summed E-state index contributed by atoms with van der Waals surface area (Å²) in [6.45, 7) is 2.17. The average Bonchev–Trinajstić information content (AvgIpc) is 3.05. The zero-order chi connectivity index (χ0) is 18.0. The predicted molar refractivity (Wildman–Crippen MR) is 96.4 cm³/mol. The third kappa shape index (κ3) is 3.93. The SMILES string of the molecule is Cn1cc(C(=O)NC[C@H]2CCN(c3cccc(Cl)c3)C2)c(=O)[nH]c1=O. The molecule has 0 bridgehead atoms. The van der Waals surface area contributed by atoms with Crippen molar-refractivity contribution >= 4 is 23.2 Å². The highest BCUT2D eigenvalue weighted by Gasteiger charge is 2.24. The molecule has 1 atom stereocenters. The van der Waals surface area contributed by atoms with Gasteiger partial charge in [-0.3, -0.25) is 14.6 Å². The second-order valence-electron chi connectivity index (χ2n) is 6.20. The molecule has 8 heteroatoms. The highest BCUT2D eigenvalue weighted by molar-refractivity contribution is 6.30. The van der Waals surface area contributed by atoms with Crippen LogP contribution in [-0.4, -0.2) is 35.1 Å². The van der Waals surface area contributed by atoms with Gasteiger partial charge in [-0.25, -0.2) is 4.79 Å². The van der Waals surface area contributed by atoms with Gasteiger partial charge in [0.05, 0.1) is 0 Å². The number of benzene rings is 1. The van der Waals surface area contributed by atoms with E-state index in [-0.39, 0.29) is 11.5 Å². The molecule has 0 unspecified atom stereocenters. The quantitative estimate of drug-likeness (QED) is 0.849. The molecule has 1 fully saturated rings. The first kappa shape index (κ1) is 17.3. The fourth-order valence-corrected chi connectivity index (χ4v) is 3.15. The highest BCUT2D eigenvalue weighted by atomic mass is 35.5. The van der Waals surface area contributed by atoms with Crippen molar-refractivity contribution in [1.29, 1.82) is 0 Å². The Morgan fingerprint density at radius 1 is 1.40 bits per heavy atom. The van der Waals surface area contributed by atoms with Crippen molar-refractivity contribution in [3.8, 4) is 0 Å². The minimum atomic E-state index is -0.674. The number of nitrogens with zero attached hydrogens (tertiary/aromatic N) is 2. The smallest absolute Gasteiger partial charge is 0.328 e. The summed E-state index contributed by atoms with van der Waals surface area (Å²) in [4.78, 5) is 39.6. The second kappa shape index (κ2) is 7.14. The molecular formula is C17H19ClN4O3. The Kier molecular flexibility index (Phi) is 4.94. The van der Waals surface area contributed by atoms with E-state index in [1.165, 1.54) is 17.8 Å². The average molecular weight is 363 g/mol. The summed E-state index contributed by atoms with van der Waals surface area (Å²) >= 11 is 6.03. The van der Waals surface area contributed by atoms with Gasteiger partial charge in [0.15, 0.2) is 0 Å². The van der Waals surface area contributed by atoms with E-state index in [1.54, 1.807) is 0 Å². The fraction of sp³-hybridized carbons (Fsp3) is 0.353. The molecule has 25 heavy (non-hydrogen) atoms. The molecule has 1 amide bonds. The first-order valence-corrected chi connectivity index (χ1v) is 8.40. The molecule has 0 radical (unpaired) electrons. The number of carbonyl (C=O) groups is 1. The van der Waals surface area contributed by atoms with Gasteiger partial charge in [0.1, 0.15) is 5.56 Å². The van der Waals surface area contributed by atoms with Crippen LogP contribution in [0.4, 0.5) is 5.69 Å². The lowest BCUT2D eigenvalue weighted by Crippen LogP contribution is -2.38. The molecule has 2 N–H and O–H groups in total. The van der Waals surface area contributed by atoms with Gasteiger partial charge in [0.2, 0.25) is 0 Å². The molecule has 7 nitrogen and oxygen atoms in total. The first-order valence-electron chi connectivity index (χ1n) is 8.02. The van der Waals surface area contributed by atoms with Crippen LogP contribution in [0.25, 0.3) is 0 Å². The van der Waals surface area contributed by atoms with E-state index in [9.17, 15) is 14.4 Å². The lowest BCUT2D eigenvalue weighted by atomic mass is 10.1. The third-order valence-corrected chi connectivity index (χ3v) is 4.60. The molecule has 0 spiro atoms. The van der Waals surface area contributed by atoms with E-state index in [1.807, 2.05) is 24.3 Å². The summed E-state index contributed by atoms with van der Waals surface area (Å²) in [5, 5.41) is 3.48. The number of H-pyrrole nitrogens is 1. The highest BCUT2D eigenvalue weighted by Crippen LogP contribution is 2.25. The fourth-order valence-electron chi connectivity index (χ4n) is 2.96. The number of aryl methyl sites for hydroxylation is 1. The van der Waals surface area contributed by atoms with Crippen molar-refractivity contribution < 1.29 is 4.79 Å². The predicted octanol–water partition coefficient (Wildman–Crippen LogP) is 0.983. The van der Waals surface area contributed by atoms with Gasteiger partial charge < -0.3 is 14.8 Å². The van der Waals surface area contributed by atoms with E-state index in [0.29, 0.717) is 11.6 Å². The Hall–Kier alpha value is -2.54. The standard InChI is InChI=1S/C17H19ClN4O3/c1-21-10-14(16(24)20-17(21)25)15(23)19-8-11-5-6-22(9-11)13-4-2-3-12(18)7-13/h2-4,7,10-11H,5-6,8-9H2,1H3,(H,19,23)(H,20,24,25)/t11-/m1/s1. The number of aromatic nitrogens is 2. The summed E-state index contributed by atoms with van der Waals surface area (Å²) in [5.41, 5.74) is -0.218. The van der Waals surface area contributed by atoms with Gasteiger partial charge in [0, 0.05) is 43.6 Å². The van der Waals surface area contributed by atoms with Crippen LogP contribution in [0.5, 0.6) is 0 Å². The molecule has 0 saturated carbocycles. The van der Waals surface area contributed by atoms with E-state index in [2.05, 4.69) is 15.2 Å². The molecule has 1 aliphatic rings. The van der Waals surface area contributed by atoms with Crippen LogP contribution in [0.15, 0.2) is 40.1 Å². The van der Waals surface area contributed by atoms with Gasteiger partial charge >= 0.3 is 5.69 Å². The number of halogens is 1. The van der Waals surface area contributed by atoms with Crippen LogP contribution < -0.4 is 21.5 Å². The number of hydrogen-bond acceptors (Lipinski definition) is 4. The molecule has 132 valence electrons. The molecule has 1 aromatic heterocycles. The second-order valence-corrected chi connectivity index (χ2v) is 6.64. The summed E-state index contributed by atoms with van der Waals surface area (Å²) in [6.07, 6.45) is 2.19. The summed E-state index contributed by atoms with van der Waals surface area (Å²) < 4.78 is 1.17. The van der Waals surface area contributed by atoms with Crippen molar-refractivity contribution in [2.75, 3.05) is 24.5 Å². The Balaban J connectivity index is 1.60. The summed E-state index contributed by atoms with van der Waals surface area (Å²) in [7, 11) is 1.48. The van der Waals surface area contributed by atoms with Crippen molar-refractivity contribution in [3.63, 3.8) is 0 Å². The first-order chi connectivity index (χ1) is 11.9. The number of rotatable bonds is 4. The van der Waals surface area contributed by atoms with Crippen LogP contribution in [0.2, 0.25) is 5.02 Å². The summed E-state index contributed by atoms with van der Waals surface area (Å²) in [6, 6.07) is 7.69. The lowest BCUT2D eigenvalue weighted by Gasteiger charge is -2.19. The lowest BCUT2D eigenvalue weighted by molar-refractivity contribution is 0.0945. The molecule has 1 aliphatic heterocycles. The minimum Gasteiger partial charge on any atom is -0.371 e. The zero-order valence-corrected chi connectivity index (χ0v) is 14.5. The van der Waals surface area contributed by atoms with Gasteiger partial charge in [-0.2, -0.15) is 0 Å². The van der Waals surface area contributed by atoms with E-state index < -0.39 is 17.2 Å². The van der Waals surface area contributed by atoms with Gasteiger partial charge in [-0.15, -0.1) is 0 Å². The van der Waals surface area contributed by atoms with Crippen molar-refractivity contribution in [2.45, 2.75) is 6.42 Å². The Morgan fingerprint density at radius 3 is 2.96 bits per heavy atom. The normalized spacial score (nSPS) is 16.9. The van der Waals surface area contributed by atoms with Crippen molar-refractivity contribution in [2.24, 2.45) is 13.0 Å². The number of amides is 1. The van der Waals surface area contributed by atoms with Gasteiger partial charge in [0.25, 0.3) is 11.5 Å². The van der Waals surface area contributed by atoms with Gasteiger partial charge in [-0.1, -0.05) is 17.7 Å². The number of carbonyl (C=O) groups excluding carboxylic acids is 1. The Labute approximate surface area is 149 Å². The minimum absolute atomic E-state index is 0.0632. The zero-order valence-electron chi connectivity index (χ0n) is 13.8. The monoisotopic (exact) mass is 362 g/mol. The number of hydrogen-bond donors (Lipinski definition) is 2. The van der Waals surface area contributed by atoms with Crippen LogP contribution in [0, 0.1) is 5.92 Å². The number of aromatic amines is 1. The van der Waals surface area contributed by atoms with Crippen LogP contribution in [0.3, 0.4) is 0 Å².